The lowest BCUT2D eigenvalue weighted by molar-refractivity contribution is 0.0637. The van der Waals surface area contributed by atoms with E-state index in [1.807, 2.05) is 61.5 Å². The van der Waals surface area contributed by atoms with E-state index in [0.29, 0.717) is 28.8 Å². The van der Waals surface area contributed by atoms with Gasteiger partial charge in [-0.1, -0.05) is 42.5 Å². The Morgan fingerprint density at radius 2 is 1.69 bits per heavy atom. The molecule has 6 nitrogen and oxygen atoms in total. The third-order valence-electron chi connectivity index (χ3n) is 6.27. The Morgan fingerprint density at radius 1 is 0.944 bits per heavy atom. The number of pyridine rings is 1. The summed E-state index contributed by atoms with van der Waals surface area (Å²) < 4.78 is 30.2. The van der Waals surface area contributed by atoms with E-state index in [0.717, 1.165) is 17.2 Å². The molecule has 1 unspecified atom stereocenters. The van der Waals surface area contributed by atoms with E-state index < -0.39 is 17.2 Å². The van der Waals surface area contributed by atoms with Gasteiger partial charge in [0.15, 0.2) is 5.82 Å². The van der Waals surface area contributed by atoms with Gasteiger partial charge >= 0.3 is 0 Å². The van der Waals surface area contributed by atoms with Crippen LogP contribution in [0.5, 0.6) is 0 Å². The first-order chi connectivity index (χ1) is 17.3. The van der Waals surface area contributed by atoms with Gasteiger partial charge in [-0.15, -0.1) is 0 Å². The minimum Gasteiger partial charge on any atom is -0.380 e. The highest BCUT2D eigenvalue weighted by molar-refractivity contribution is 5.90. The summed E-state index contributed by atoms with van der Waals surface area (Å²) in [6.07, 6.45) is 3.23. The van der Waals surface area contributed by atoms with Crippen molar-refractivity contribution in [2.24, 2.45) is 0 Å². The topological polar surface area (TPSA) is 67.1 Å². The number of rotatable bonds is 7. The molecule has 5 rings (SSSR count). The molecule has 0 aliphatic carbocycles. The van der Waals surface area contributed by atoms with Crippen LogP contribution in [-0.4, -0.2) is 50.4 Å². The van der Waals surface area contributed by atoms with Crippen LogP contribution < -0.4 is 0 Å². The molecule has 182 valence electrons. The van der Waals surface area contributed by atoms with Crippen molar-refractivity contribution < 1.29 is 13.9 Å². The molecule has 3 aromatic carbocycles. The Labute approximate surface area is 207 Å². The molecule has 2 aromatic heterocycles. The number of hydrogen-bond acceptors (Lipinski definition) is 5. The lowest BCUT2D eigenvalue weighted by atomic mass is 9.81. The zero-order chi connectivity index (χ0) is 25.3. The van der Waals surface area contributed by atoms with Gasteiger partial charge in [-0.3, -0.25) is 0 Å². The number of nitrogens with zero attached hydrogens (tertiary/aromatic N) is 5. The number of aromatic nitrogens is 4. The SMILES string of the molecule is CN(C)CCC(O)(c1cc(F)cc(F)c1)c1cccc2nc(-n3cncn3)c(-c3ccccc3)cc12. The Bertz CT molecular complexity index is 1490. The van der Waals surface area contributed by atoms with E-state index in [-0.39, 0.29) is 12.0 Å². The van der Waals surface area contributed by atoms with E-state index >= 15 is 0 Å². The van der Waals surface area contributed by atoms with Crippen LogP contribution in [-0.2, 0) is 5.60 Å². The average Bonchev–Trinajstić information content (AvgIpc) is 3.41. The first kappa shape index (κ1) is 23.7. The summed E-state index contributed by atoms with van der Waals surface area (Å²) in [5.74, 6) is -0.910. The van der Waals surface area contributed by atoms with E-state index in [4.69, 9.17) is 4.98 Å². The summed E-state index contributed by atoms with van der Waals surface area (Å²) in [7, 11) is 3.77. The lowest BCUT2D eigenvalue weighted by Gasteiger charge is -2.32. The Morgan fingerprint density at radius 3 is 2.36 bits per heavy atom. The van der Waals surface area contributed by atoms with Crippen molar-refractivity contribution in [3.8, 4) is 16.9 Å². The minimum absolute atomic E-state index is 0.149. The first-order valence-electron chi connectivity index (χ1n) is 11.5. The van der Waals surface area contributed by atoms with Crippen molar-refractivity contribution in [1.29, 1.82) is 0 Å². The van der Waals surface area contributed by atoms with Crippen molar-refractivity contribution in [3.05, 3.63) is 108 Å². The molecule has 1 N–H and O–H groups in total. The molecule has 0 spiro atoms. The third kappa shape index (κ3) is 4.48. The maximum atomic E-state index is 14.3. The van der Waals surface area contributed by atoms with E-state index in [9.17, 15) is 13.9 Å². The second kappa shape index (κ2) is 9.56. The van der Waals surface area contributed by atoms with Crippen LogP contribution >= 0.6 is 0 Å². The molecule has 0 radical (unpaired) electrons. The van der Waals surface area contributed by atoms with E-state index in [1.54, 1.807) is 23.1 Å². The van der Waals surface area contributed by atoms with Crippen molar-refractivity contribution >= 4 is 10.9 Å². The monoisotopic (exact) mass is 485 g/mol. The maximum absolute atomic E-state index is 14.3. The molecule has 0 bridgehead atoms. The van der Waals surface area contributed by atoms with Gasteiger partial charge in [0.05, 0.1) is 5.52 Å². The molecular formula is C28H25F2N5O. The van der Waals surface area contributed by atoms with Gasteiger partial charge in [0.25, 0.3) is 0 Å². The largest absolute Gasteiger partial charge is 0.380 e. The van der Waals surface area contributed by atoms with Gasteiger partial charge in [0, 0.05) is 23.6 Å². The third-order valence-corrected chi connectivity index (χ3v) is 6.27. The highest BCUT2D eigenvalue weighted by Crippen LogP contribution is 2.40. The fourth-order valence-electron chi connectivity index (χ4n) is 4.48. The van der Waals surface area contributed by atoms with Gasteiger partial charge in [-0.2, -0.15) is 5.10 Å². The first-order valence-corrected chi connectivity index (χ1v) is 11.5. The predicted molar refractivity (Wildman–Crippen MR) is 135 cm³/mol. The predicted octanol–water partition coefficient (Wildman–Crippen LogP) is 4.95. The molecule has 36 heavy (non-hydrogen) atoms. The average molecular weight is 486 g/mol. The molecule has 0 aliphatic rings. The Hall–Kier alpha value is -4.01. The van der Waals surface area contributed by atoms with Crippen LogP contribution in [0.3, 0.4) is 0 Å². The van der Waals surface area contributed by atoms with Gasteiger partial charge in [-0.05, 0) is 61.5 Å². The molecule has 0 saturated carbocycles. The minimum atomic E-state index is -1.67. The number of aliphatic hydroxyl groups is 1. The Kier molecular flexibility index (Phi) is 6.30. The summed E-state index contributed by atoms with van der Waals surface area (Å²) in [6, 6.07) is 20.2. The second-order valence-corrected chi connectivity index (χ2v) is 9.01. The molecule has 1 atom stereocenters. The van der Waals surface area contributed by atoms with Crippen LogP contribution in [0.4, 0.5) is 8.78 Å². The van der Waals surface area contributed by atoms with Gasteiger partial charge in [0.2, 0.25) is 0 Å². The van der Waals surface area contributed by atoms with Crippen LogP contribution in [0.25, 0.3) is 27.8 Å². The number of benzene rings is 3. The number of hydrogen-bond donors (Lipinski definition) is 1. The Balaban J connectivity index is 1.79. The van der Waals surface area contributed by atoms with Crippen LogP contribution in [0.1, 0.15) is 17.5 Å². The van der Waals surface area contributed by atoms with Crippen LogP contribution in [0.2, 0.25) is 0 Å². The quantitative estimate of drug-likeness (QED) is 0.353. The standard InChI is InChI=1S/C28H25F2N5O/c1-34(2)12-11-28(36,20-13-21(29)15-22(30)14-20)25-9-6-10-26-24(25)16-23(19-7-4-3-5-8-19)27(33-26)35-18-31-17-32-35/h3-10,13-18,36H,11-12H2,1-2H3. The fraction of sp³-hybridized carbons (Fsp3) is 0.179. The van der Waals surface area contributed by atoms with Crippen molar-refractivity contribution in [2.45, 2.75) is 12.0 Å². The van der Waals surface area contributed by atoms with Crippen molar-refractivity contribution in [1.82, 2.24) is 24.6 Å². The summed E-state index contributed by atoms with van der Waals surface area (Å²) in [6.45, 7) is 0.487. The molecule has 5 aromatic rings. The summed E-state index contributed by atoms with van der Waals surface area (Å²) in [5.41, 5.74) is 1.29. The van der Waals surface area contributed by atoms with Gasteiger partial charge < -0.3 is 10.0 Å². The van der Waals surface area contributed by atoms with Gasteiger partial charge in [-0.25, -0.2) is 23.4 Å². The molecule has 0 fully saturated rings. The highest BCUT2D eigenvalue weighted by atomic mass is 19.1. The lowest BCUT2D eigenvalue weighted by Crippen LogP contribution is -2.32. The summed E-state index contributed by atoms with van der Waals surface area (Å²) >= 11 is 0. The molecule has 2 heterocycles. The number of halogens is 2. The summed E-state index contributed by atoms with van der Waals surface area (Å²) in [4.78, 5) is 10.9. The second-order valence-electron chi connectivity index (χ2n) is 9.01. The molecule has 0 amide bonds. The van der Waals surface area contributed by atoms with Crippen molar-refractivity contribution in [3.63, 3.8) is 0 Å². The van der Waals surface area contributed by atoms with Crippen molar-refractivity contribution in [2.75, 3.05) is 20.6 Å². The number of fused-ring (bicyclic) bond motifs is 1. The molecule has 0 saturated heterocycles. The normalized spacial score (nSPS) is 13.3. The molecule has 8 heteroatoms. The zero-order valence-electron chi connectivity index (χ0n) is 19.9. The van der Waals surface area contributed by atoms with E-state index in [2.05, 4.69) is 10.1 Å². The molecule has 0 aliphatic heterocycles. The zero-order valence-corrected chi connectivity index (χ0v) is 19.9. The summed E-state index contributed by atoms with van der Waals surface area (Å²) in [5, 5.41) is 17.1. The van der Waals surface area contributed by atoms with Gasteiger partial charge in [0.1, 0.15) is 29.9 Å². The fourth-order valence-corrected chi connectivity index (χ4v) is 4.48. The smallest absolute Gasteiger partial charge is 0.163 e. The maximum Gasteiger partial charge on any atom is 0.163 e. The van der Waals surface area contributed by atoms with Crippen LogP contribution in [0, 0.1) is 11.6 Å². The van der Waals surface area contributed by atoms with E-state index in [1.165, 1.54) is 18.5 Å². The van der Waals surface area contributed by atoms with Crippen LogP contribution in [0.15, 0.2) is 85.5 Å². The molecular weight excluding hydrogens is 460 g/mol. The highest BCUT2D eigenvalue weighted by Gasteiger charge is 2.34.